The second-order valence-corrected chi connectivity index (χ2v) is 5.55. The zero-order chi connectivity index (χ0) is 13.8. The van der Waals surface area contributed by atoms with Crippen LogP contribution in [0.2, 0.25) is 0 Å². The summed E-state index contributed by atoms with van der Waals surface area (Å²) < 4.78 is 5.63. The van der Waals surface area contributed by atoms with Gasteiger partial charge in [0.1, 0.15) is 5.76 Å². The second kappa shape index (κ2) is 6.20. The first-order valence-electron chi connectivity index (χ1n) is 7.17. The third-order valence-corrected chi connectivity index (χ3v) is 3.61. The molecule has 2 aromatic rings. The normalized spacial score (nSPS) is 14.9. The van der Waals surface area contributed by atoms with Crippen molar-refractivity contribution in [1.82, 2.24) is 15.2 Å². The smallest absolute Gasteiger partial charge is 0.122 e. The highest BCUT2D eigenvalue weighted by Gasteiger charge is 2.21. The average Bonchev–Trinajstić information content (AvgIpc) is 3.18. The first kappa shape index (κ1) is 13.3. The number of nitrogens with zero attached hydrogens (tertiary/aromatic N) is 2. The average molecular weight is 271 g/mol. The lowest BCUT2D eigenvalue weighted by Gasteiger charge is -2.16. The number of hydrogen-bond acceptors (Lipinski definition) is 4. The summed E-state index contributed by atoms with van der Waals surface area (Å²) >= 11 is 0. The van der Waals surface area contributed by atoms with E-state index >= 15 is 0 Å². The van der Waals surface area contributed by atoms with Gasteiger partial charge in [0.05, 0.1) is 12.8 Å². The highest BCUT2D eigenvalue weighted by molar-refractivity contribution is 5.17. The number of aromatic nitrogens is 1. The van der Waals surface area contributed by atoms with Gasteiger partial charge in [-0.1, -0.05) is 0 Å². The van der Waals surface area contributed by atoms with E-state index in [1.807, 2.05) is 24.5 Å². The van der Waals surface area contributed by atoms with E-state index in [4.69, 9.17) is 4.42 Å². The molecule has 3 rings (SSSR count). The molecule has 0 aliphatic heterocycles. The molecular formula is C16H21N3O. The van der Waals surface area contributed by atoms with Crippen molar-refractivity contribution >= 4 is 0 Å². The minimum Gasteiger partial charge on any atom is -0.468 e. The Morgan fingerprint density at radius 3 is 2.80 bits per heavy atom. The Morgan fingerprint density at radius 1 is 1.25 bits per heavy atom. The molecule has 0 aromatic carbocycles. The van der Waals surface area contributed by atoms with E-state index in [1.54, 1.807) is 6.26 Å². The number of furan rings is 1. The molecule has 20 heavy (non-hydrogen) atoms. The van der Waals surface area contributed by atoms with Crippen molar-refractivity contribution in [2.45, 2.75) is 38.5 Å². The first-order chi connectivity index (χ1) is 9.81. The summed E-state index contributed by atoms with van der Waals surface area (Å²) in [5, 5.41) is 3.54. The lowest BCUT2D eigenvalue weighted by molar-refractivity contribution is 0.285. The summed E-state index contributed by atoms with van der Waals surface area (Å²) in [5.41, 5.74) is 2.55. The zero-order valence-corrected chi connectivity index (χ0v) is 11.9. The number of pyridine rings is 1. The van der Waals surface area contributed by atoms with Gasteiger partial charge in [0.15, 0.2) is 0 Å². The van der Waals surface area contributed by atoms with Gasteiger partial charge in [-0.05, 0) is 43.7 Å². The van der Waals surface area contributed by atoms with Crippen LogP contribution in [0.15, 0.2) is 41.3 Å². The fourth-order valence-corrected chi connectivity index (χ4v) is 2.31. The quantitative estimate of drug-likeness (QED) is 0.840. The molecule has 0 spiro atoms. The molecule has 1 N–H and O–H groups in total. The van der Waals surface area contributed by atoms with Crippen molar-refractivity contribution in [3.63, 3.8) is 0 Å². The van der Waals surface area contributed by atoms with Crippen LogP contribution in [0.3, 0.4) is 0 Å². The van der Waals surface area contributed by atoms with Crippen LogP contribution in [-0.4, -0.2) is 23.0 Å². The van der Waals surface area contributed by atoms with Gasteiger partial charge in [0.25, 0.3) is 0 Å². The van der Waals surface area contributed by atoms with Gasteiger partial charge in [-0.2, -0.15) is 0 Å². The predicted octanol–water partition coefficient (Wildman–Crippen LogP) is 2.56. The topological polar surface area (TPSA) is 41.3 Å². The van der Waals surface area contributed by atoms with E-state index in [1.165, 1.54) is 24.0 Å². The SMILES string of the molecule is CN(Cc1ccncc1)Cc1occc1CNC1CC1. The van der Waals surface area contributed by atoms with Crippen LogP contribution >= 0.6 is 0 Å². The van der Waals surface area contributed by atoms with E-state index in [2.05, 4.69) is 28.3 Å². The molecule has 0 unspecified atom stereocenters. The van der Waals surface area contributed by atoms with Crippen LogP contribution < -0.4 is 5.32 Å². The molecule has 0 radical (unpaired) electrons. The van der Waals surface area contributed by atoms with E-state index < -0.39 is 0 Å². The molecule has 2 aromatic heterocycles. The van der Waals surface area contributed by atoms with Crippen LogP contribution in [-0.2, 0) is 19.6 Å². The maximum atomic E-state index is 5.63. The highest BCUT2D eigenvalue weighted by Crippen LogP contribution is 2.21. The van der Waals surface area contributed by atoms with Crippen molar-refractivity contribution in [3.8, 4) is 0 Å². The minimum absolute atomic E-state index is 0.729. The highest BCUT2D eigenvalue weighted by atomic mass is 16.3. The van der Waals surface area contributed by atoms with Crippen molar-refractivity contribution < 1.29 is 4.42 Å². The Balaban J connectivity index is 1.55. The number of hydrogen-bond donors (Lipinski definition) is 1. The minimum atomic E-state index is 0.729. The number of nitrogens with one attached hydrogen (secondary N) is 1. The molecule has 4 nitrogen and oxygen atoms in total. The second-order valence-electron chi connectivity index (χ2n) is 5.55. The first-order valence-corrected chi connectivity index (χ1v) is 7.17. The predicted molar refractivity (Wildman–Crippen MR) is 78.0 cm³/mol. The monoisotopic (exact) mass is 271 g/mol. The Kier molecular flexibility index (Phi) is 4.14. The van der Waals surface area contributed by atoms with Gasteiger partial charge in [-0.25, -0.2) is 0 Å². The lowest BCUT2D eigenvalue weighted by atomic mass is 10.2. The molecule has 0 atom stereocenters. The molecule has 106 valence electrons. The fraction of sp³-hybridized carbons (Fsp3) is 0.438. The Hall–Kier alpha value is -1.65. The Bertz CT molecular complexity index is 534. The summed E-state index contributed by atoms with van der Waals surface area (Å²) in [6.07, 6.45) is 8.09. The molecule has 1 aliphatic rings. The van der Waals surface area contributed by atoms with Gasteiger partial charge < -0.3 is 9.73 Å². The summed E-state index contributed by atoms with van der Waals surface area (Å²) in [4.78, 5) is 6.30. The molecule has 2 heterocycles. The molecular weight excluding hydrogens is 250 g/mol. The van der Waals surface area contributed by atoms with Gasteiger partial charge in [0, 0.05) is 37.1 Å². The van der Waals surface area contributed by atoms with Crippen LogP contribution in [0.4, 0.5) is 0 Å². The van der Waals surface area contributed by atoms with Crippen LogP contribution in [0.5, 0.6) is 0 Å². The lowest BCUT2D eigenvalue weighted by Crippen LogP contribution is -2.20. The standard InChI is InChI=1S/C16H21N3O/c1-19(11-13-4-7-17-8-5-13)12-16-14(6-9-20-16)10-18-15-2-3-15/h4-9,15,18H,2-3,10-12H2,1H3. The summed E-state index contributed by atoms with van der Waals surface area (Å²) in [7, 11) is 2.11. The van der Waals surface area contributed by atoms with Gasteiger partial charge in [-0.3, -0.25) is 9.88 Å². The van der Waals surface area contributed by atoms with E-state index in [9.17, 15) is 0 Å². The molecule has 0 saturated heterocycles. The third-order valence-electron chi connectivity index (χ3n) is 3.61. The zero-order valence-electron chi connectivity index (χ0n) is 11.9. The molecule has 0 amide bonds. The van der Waals surface area contributed by atoms with Crippen molar-refractivity contribution in [3.05, 3.63) is 53.7 Å². The third kappa shape index (κ3) is 3.68. The van der Waals surface area contributed by atoms with Crippen molar-refractivity contribution in [2.24, 2.45) is 0 Å². The summed E-state index contributed by atoms with van der Waals surface area (Å²) in [6, 6.07) is 6.90. The van der Waals surface area contributed by atoms with Gasteiger partial charge >= 0.3 is 0 Å². The molecule has 1 fully saturated rings. The van der Waals surface area contributed by atoms with Crippen molar-refractivity contribution in [2.75, 3.05) is 7.05 Å². The molecule has 0 bridgehead atoms. The van der Waals surface area contributed by atoms with Crippen LogP contribution in [0, 0.1) is 0 Å². The van der Waals surface area contributed by atoms with E-state index in [-0.39, 0.29) is 0 Å². The Morgan fingerprint density at radius 2 is 2.05 bits per heavy atom. The molecule has 1 aliphatic carbocycles. The largest absolute Gasteiger partial charge is 0.468 e. The Labute approximate surface area is 119 Å². The maximum absolute atomic E-state index is 5.63. The summed E-state index contributed by atoms with van der Waals surface area (Å²) in [5.74, 6) is 1.06. The summed E-state index contributed by atoms with van der Waals surface area (Å²) in [6.45, 7) is 2.65. The fourth-order valence-electron chi connectivity index (χ4n) is 2.31. The van der Waals surface area contributed by atoms with Crippen molar-refractivity contribution in [1.29, 1.82) is 0 Å². The number of rotatable bonds is 7. The van der Waals surface area contributed by atoms with Crippen LogP contribution in [0.25, 0.3) is 0 Å². The van der Waals surface area contributed by atoms with Gasteiger partial charge in [-0.15, -0.1) is 0 Å². The van der Waals surface area contributed by atoms with Gasteiger partial charge in [0.2, 0.25) is 0 Å². The van der Waals surface area contributed by atoms with E-state index in [0.29, 0.717) is 0 Å². The molecule has 4 heteroatoms. The van der Waals surface area contributed by atoms with E-state index in [0.717, 1.165) is 31.4 Å². The maximum Gasteiger partial charge on any atom is 0.122 e. The molecule has 1 saturated carbocycles. The van der Waals surface area contributed by atoms with Crippen LogP contribution in [0.1, 0.15) is 29.7 Å².